The van der Waals surface area contributed by atoms with Gasteiger partial charge in [-0.15, -0.1) is 12.4 Å². The average molecular weight is 600 g/mol. The number of halogens is 1. The number of unbranched alkanes of at least 4 members (excludes halogenated alkanes) is 3. The highest BCUT2D eigenvalue weighted by Crippen LogP contribution is 2.19. The summed E-state index contributed by atoms with van der Waals surface area (Å²) in [7, 11) is 0. The lowest BCUT2D eigenvalue weighted by atomic mass is 9.96. The van der Waals surface area contributed by atoms with Crippen molar-refractivity contribution in [1.29, 1.82) is 0 Å². The van der Waals surface area contributed by atoms with Crippen molar-refractivity contribution in [3.8, 4) is 0 Å². The van der Waals surface area contributed by atoms with Crippen molar-refractivity contribution in [2.45, 2.75) is 70.6 Å². The van der Waals surface area contributed by atoms with Crippen molar-refractivity contribution < 1.29 is 9.59 Å². The number of hydrogen-bond donors (Lipinski definition) is 4. The number of benzene rings is 2. The average Bonchev–Trinajstić information content (AvgIpc) is 3.01. The Balaban J connectivity index is 0.00000484. The highest BCUT2D eigenvalue weighted by atomic mass is 35.5. The lowest BCUT2D eigenvalue weighted by Gasteiger charge is -2.32. The maximum atomic E-state index is 12.7. The molecule has 2 saturated heterocycles. The second-order valence-electron chi connectivity index (χ2n) is 12.1. The van der Waals surface area contributed by atoms with E-state index in [-0.39, 0.29) is 18.3 Å². The summed E-state index contributed by atoms with van der Waals surface area (Å²) in [6.45, 7) is 9.32. The summed E-state index contributed by atoms with van der Waals surface area (Å²) >= 11 is 0. The lowest BCUT2D eigenvalue weighted by Crippen LogP contribution is -2.40. The Bertz CT molecular complexity index is 1050. The van der Waals surface area contributed by atoms with Crippen LogP contribution in [0.3, 0.4) is 0 Å². The molecule has 2 aliphatic rings. The molecule has 0 aromatic heterocycles. The van der Waals surface area contributed by atoms with Crippen LogP contribution in [0.5, 0.6) is 0 Å². The van der Waals surface area contributed by atoms with Gasteiger partial charge in [-0.3, -0.25) is 9.59 Å². The Hall–Kier alpha value is -2.19. The fraction of sp³-hybridized carbons (Fsp3) is 0.647. The molecule has 0 unspecified atom stereocenters. The zero-order valence-corrected chi connectivity index (χ0v) is 26.3. The van der Waals surface area contributed by atoms with Crippen LogP contribution in [0.2, 0.25) is 0 Å². The first kappa shape index (κ1) is 34.3. The molecule has 2 aromatic carbocycles. The van der Waals surface area contributed by atoms with Crippen LogP contribution in [0.1, 0.15) is 69.8 Å². The minimum absolute atomic E-state index is 0. The molecule has 2 aliphatic heterocycles. The first-order valence-corrected chi connectivity index (χ1v) is 16.3. The fourth-order valence-electron chi connectivity index (χ4n) is 6.23. The number of nitrogens with zero attached hydrogens (tertiary/aromatic N) is 1. The van der Waals surface area contributed by atoms with E-state index in [0.29, 0.717) is 31.2 Å². The molecule has 2 amide bonds. The topological polar surface area (TPSA) is 85.5 Å². The van der Waals surface area contributed by atoms with Gasteiger partial charge in [0.05, 0.1) is 6.42 Å². The highest BCUT2D eigenvalue weighted by molar-refractivity contribution is 5.90. The second kappa shape index (κ2) is 19.9. The molecule has 0 bridgehead atoms. The Labute approximate surface area is 259 Å². The summed E-state index contributed by atoms with van der Waals surface area (Å²) in [5.41, 5.74) is 1.07. The van der Waals surface area contributed by atoms with E-state index in [2.05, 4.69) is 44.4 Å². The minimum atomic E-state index is 0. The Morgan fingerprint density at radius 3 is 2.14 bits per heavy atom. The van der Waals surface area contributed by atoms with Crippen LogP contribution >= 0.6 is 12.4 Å². The second-order valence-corrected chi connectivity index (χ2v) is 12.1. The summed E-state index contributed by atoms with van der Waals surface area (Å²) < 4.78 is 0. The van der Waals surface area contributed by atoms with E-state index in [1.54, 1.807) is 0 Å². The Morgan fingerprint density at radius 2 is 1.40 bits per heavy atom. The van der Waals surface area contributed by atoms with Gasteiger partial charge >= 0.3 is 0 Å². The van der Waals surface area contributed by atoms with Crippen molar-refractivity contribution in [3.05, 3.63) is 48.0 Å². The molecule has 234 valence electrons. The summed E-state index contributed by atoms with van der Waals surface area (Å²) in [4.78, 5) is 27.2. The van der Waals surface area contributed by atoms with Crippen molar-refractivity contribution in [3.63, 3.8) is 0 Å². The fourth-order valence-corrected chi connectivity index (χ4v) is 6.23. The van der Waals surface area contributed by atoms with Gasteiger partial charge in [-0.05, 0) is 119 Å². The van der Waals surface area contributed by atoms with E-state index in [9.17, 15) is 9.59 Å². The van der Waals surface area contributed by atoms with Crippen LogP contribution in [0.25, 0.3) is 10.8 Å². The van der Waals surface area contributed by atoms with Gasteiger partial charge in [0.15, 0.2) is 0 Å². The highest BCUT2D eigenvalue weighted by Gasteiger charge is 2.22. The summed E-state index contributed by atoms with van der Waals surface area (Å²) in [6.07, 6.45) is 11.1. The molecule has 0 aliphatic carbocycles. The Morgan fingerprint density at radius 1 is 0.762 bits per heavy atom. The van der Waals surface area contributed by atoms with E-state index < -0.39 is 0 Å². The number of hydrogen-bond acceptors (Lipinski definition) is 5. The summed E-state index contributed by atoms with van der Waals surface area (Å²) in [5, 5.41) is 16.1. The maximum absolute atomic E-state index is 12.7. The van der Waals surface area contributed by atoms with Gasteiger partial charge in [-0.25, -0.2) is 0 Å². The molecule has 0 radical (unpaired) electrons. The van der Waals surface area contributed by atoms with Crippen LogP contribution in [-0.2, 0) is 16.0 Å². The van der Waals surface area contributed by atoms with Crippen molar-refractivity contribution in [1.82, 2.24) is 26.2 Å². The third-order valence-corrected chi connectivity index (χ3v) is 8.87. The molecular formula is C34H54ClN5O2. The molecule has 0 atom stereocenters. The van der Waals surface area contributed by atoms with E-state index in [1.165, 1.54) is 50.7 Å². The van der Waals surface area contributed by atoms with E-state index in [1.807, 2.05) is 24.3 Å². The molecule has 2 heterocycles. The smallest absolute Gasteiger partial charge is 0.224 e. The first-order valence-electron chi connectivity index (χ1n) is 16.3. The minimum Gasteiger partial charge on any atom is -0.356 e. The normalized spacial score (nSPS) is 16.3. The van der Waals surface area contributed by atoms with Crippen LogP contribution in [0.4, 0.5) is 0 Å². The van der Waals surface area contributed by atoms with Gasteiger partial charge in [-0.2, -0.15) is 0 Å². The van der Waals surface area contributed by atoms with Crippen molar-refractivity contribution in [2.24, 2.45) is 11.8 Å². The van der Waals surface area contributed by atoms with Gasteiger partial charge in [-0.1, -0.05) is 48.9 Å². The molecule has 0 saturated carbocycles. The number of amides is 2. The number of rotatable bonds is 17. The third kappa shape index (κ3) is 12.2. The molecule has 8 heteroatoms. The maximum Gasteiger partial charge on any atom is 0.224 e. The number of fused-ring (bicyclic) bond motifs is 1. The molecule has 4 N–H and O–H groups in total. The quantitative estimate of drug-likeness (QED) is 0.199. The SMILES string of the molecule is Cl.O=C(Cc1cccc2ccccc12)NCCCCCC(=O)N1CCC(CNCCCCNCC2CCNCC2)CC1. The number of piperidine rings is 2. The molecule has 2 aromatic rings. The molecule has 4 rings (SSSR count). The largest absolute Gasteiger partial charge is 0.356 e. The molecular weight excluding hydrogens is 546 g/mol. The molecule has 2 fully saturated rings. The van der Waals surface area contributed by atoms with Gasteiger partial charge in [0.2, 0.25) is 11.8 Å². The zero-order valence-electron chi connectivity index (χ0n) is 25.5. The third-order valence-electron chi connectivity index (χ3n) is 8.87. The number of carbonyl (C=O) groups is 2. The van der Waals surface area contributed by atoms with Crippen LogP contribution in [0, 0.1) is 11.8 Å². The van der Waals surface area contributed by atoms with Gasteiger partial charge in [0.1, 0.15) is 0 Å². The number of nitrogens with one attached hydrogen (secondary N) is 4. The first-order chi connectivity index (χ1) is 20.2. The van der Waals surface area contributed by atoms with Crippen LogP contribution in [-0.4, -0.2) is 75.6 Å². The van der Waals surface area contributed by atoms with Crippen molar-refractivity contribution in [2.75, 3.05) is 58.9 Å². The Kier molecular flexibility index (Phi) is 16.2. The van der Waals surface area contributed by atoms with Gasteiger partial charge < -0.3 is 26.2 Å². The summed E-state index contributed by atoms with van der Waals surface area (Å²) in [5.74, 6) is 1.91. The number of likely N-dealkylation sites (tertiary alicyclic amines) is 1. The zero-order chi connectivity index (χ0) is 28.5. The van der Waals surface area contributed by atoms with Crippen LogP contribution < -0.4 is 21.3 Å². The van der Waals surface area contributed by atoms with Gasteiger partial charge in [0.25, 0.3) is 0 Å². The molecule has 0 spiro atoms. The predicted molar refractivity (Wildman–Crippen MR) is 176 cm³/mol. The standard InChI is InChI=1S/C34H53N5O2.ClH/c40-33(25-31-11-8-10-30-9-3-4-12-32(30)31)38-20-5-1-2-13-34(41)39-23-16-29(17-24-39)27-37-19-7-6-18-36-26-28-14-21-35-22-15-28;/h3-4,8-12,28-29,35-37H,1-2,5-7,13-27H2,(H,38,40);1H. The predicted octanol–water partition coefficient (Wildman–Crippen LogP) is 4.68. The number of carbonyl (C=O) groups excluding carboxylic acids is 2. The molecule has 42 heavy (non-hydrogen) atoms. The van der Waals surface area contributed by atoms with Crippen molar-refractivity contribution >= 4 is 35.0 Å². The van der Waals surface area contributed by atoms with E-state index in [4.69, 9.17) is 0 Å². The molecule has 7 nitrogen and oxygen atoms in total. The van der Waals surface area contributed by atoms with E-state index >= 15 is 0 Å². The van der Waals surface area contributed by atoms with E-state index in [0.717, 1.165) is 81.7 Å². The van der Waals surface area contributed by atoms with Gasteiger partial charge in [0, 0.05) is 26.1 Å². The lowest BCUT2D eigenvalue weighted by molar-refractivity contribution is -0.132. The summed E-state index contributed by atoms with van der Waals surface area (Å²) in [6, 6.07) is 14.3. The monoisotopic (exact) mass is 599 g/mol. The van der Waals surface area contributed by atoms with Crippen LogP contribution in [0.15, 0.2) is 42.5 Å².